The first-order valence-corrected chi connectivity index (χ1v) is 6.66. The predicted octanol–water partition coefficient (Wildman–Crippen LogP) is 1.83. The molecule has 15 heavy (non-hydrogen) atoms. The molecule has 0 fully saturated rings. The lowest BCUT2D eigenvalue weighted by Gasteiger charge is -2.12. The van der Waals surface area contributed by atoms with Gasteiger partial charge in [0.15, 0.2) is 0 Å². The maximum absolute atomic E-state index is 6.09. The lowest BCUT2D eigenvalue weighted by molar-refractivity contribution is 0.539. The lowest BCUT2D eigenvalue weighted by Crippen LogP contribution is -2.18. The Kier molecular flexibility index (Phi) is 5.71. The predicted molar refractivity (Wildman–Crippen MR) is 64.9 cm³/mol. The smallest absolute Gasteiger partial charge is 0.0762 e. The van der Waals surface area contributed by atoms with Gasteiger partial charge in [-0.2, -0.15) is 11.8 Å². The van der Waals surface area contributed by atoms with E-state index in [0.717, 1.165) is 24.4 Å². The second-order valence-corrected chi connectivity index (χ2v) is 4.71. The van der Waals surface area contributed by atoms with Crippen molar-refractivity contribution < 1.29 is 0 Å². The van der Waals surface area contributed by atoms with Crippen LogP contribution >= 0.6 is 11.8 Å². The van der Waals surface area contributed by atoms with Gasteiger partial charge in [-0.05, 0) is 18.6 Å². The summed E-state index contributed by atoms with van der Waals surface area (Å²) in [5, 5.41) is 7.95. The summed E-state index contributed by atoms with van der Waals surface area (Å²) >= 11 is 1.89. The minimum absolute atomic E-state index is 0.0584. The van der Waals surface area contributed by atoms with E-state index in [1.165, 1.54) is 12.2 Å². The first-order chi connectivity index (χ1) is 7.29. The van der Waals surface area contributed by atoms with Gasteiger partial charge in [-0.15, -0.1) is 5.10 Å². The van der Waals surface area contributed by atoms with Gasteiger partial charge in [0.25, 0.3) is 0 Å². The Hall–Kier alpha value is -0.550. The molecule has 1 heterocycles. The Bertz CT molecular complexity index is 274. The number of rotatable bonds is 7. The third kappa shape index (κ3) is 3.83. The van der Waals surface area contributed by atoms with Gasteiger partial charge in [0.1, 0.15) is 0 Å². The third-order valence-electron chi connectivity index (χ3n) is 2.11. The molecule has 2 N–H and O–H groups in total. The van der Waals surface area contributed by atoms with Crippen LogP contribution in [-0.4, -0.2) is 26.5 Å². The topological polar surface area (TPSA) is 56.7 Å². The first kappa shape index (κ1) is 12.5. The van der Waals surface area contributed by atoms with Crippen LogP contribution in [0.25, 0.3) is 0 Å². The fourth-order valence-corrected chi connectivity index (χ4v) is 2.26. The molecule has 0 aromatic carbocycles. The van der Waals surface area contributed by atoms with Gasteiger partial charge in [-0.1, -0.05) is 19.1 Å². The van der Waals surface area contributed by atoms with Gasteiger partial charge in [-0.25, -0.2) is 4.68 Å². The van der Waals surface area contributed by atoms with Crippen LogP contribution < -0.4 is 5.73 Å². The van der Waals surface area contributed by atoms with Crippen molar-refractivity contribution in [1.29, 1.82) is 0 Å². The summed E-state index contributed by atoms with van der Waals surface area (Å²) in [6, 6.07) is 0.0584. The number of hydrogen-bond acceptors (Lipinski definition) is 4. The van der Waals surface area contributed by atoms with Crippen LogP contribution in [-0.2, 0) is 6.54 Å². The zero-order valence-corrected chi connectivity index (χ0v) is 10.3. The van der Waals surface area contributed by atoms with Crippen LogP contribution in [0.2, 0.25) is 0 Å². The van der Waals surface area contributed by atoms with Crippen molar-refractivity contribution >= 4 is 11.8 Å². The molecule has 0 saturated heterocycles. The molecule has 1 rings (SSSR count). The Morgan fingerprint density at radius 3 is 2.93 bits per heavy atom. The van der Waals surface area contributed by atoms with Crippen LogP contribution in [0.1, 0.15) is 38.4 Å². The van der Waals surface area contributed by atoms with E-state index in [4.69, 9.17) is 5.73 Å². The van der Waals surface area contributed by atoms with E-state index in [1.807, 2.05) is 16.4 Å². The van der Waals surface area contributed by atoms with E-state index in [2.05, 4.69) is 24.2 Å². The van der Waals surface area contributed by atoms with Crippen molar-refractivity contribution in [3.8, 4) is 0 Å². The zero-order valence-electron chi connectivity index (χ0n) is 9.52. The summed E-state index contributed by atoms with van der Waals surface area (Å²) in [4.78, 5) is 0. The largest absolute Gasteiger partial charge is 0.322 e. The molecule has 0 amide bonds. The average molecular weight is 228 g/mol. The molecular formula is C10H20N4S. The van der Waals surface area contributed by atoms with Crippen LogP contribution in [0.3, 0.4) is 0 Å². The maximum atomic E-state index is 6.09. The number of hydrogen-bond donors (Lipinski definition) is 1. The quantitative estimate of drug-likeness (QED) is 0.723. The van der Waals surface area contributed by atoms with E-state index in [1.54, 1.807) is 6.20 Å². The van der Waals surface area contributed by atoms with Gasteiger partial charge in [-0.3, -0.25) is 0 Å². The van der Waals surface area contributed by atoms with Crippen molar-refractivity contribution in [1.82, 2.24) is 15.0 Å². The molecule has 0 aliphatic heterocycles. The molecule has 0 spiro atoms. The standard InChI is InChI=1S/C10H20N4S/c1-3-5-14-10(7-12-13-14)9(11)8-15-6-4-2/h7,9H,3-6,8,11H2,1-2H3. The monoisotopic (exact) mass is 228 g/mol. The van der Waals surface area contributed by atoms with Crippen LogP contribution in [0, 0.1) is 0 Å². The summed E-state index contributed by atoms with van der Waals surface area (Å²) in [5.41, 5.74) is 7.15. The van der Waals surface area contributed by atoms with Gasteiger partial charge >= 0.3 is 0 Å². The van der Waals surface area contributed by atoms with Gasteiger partial charge in [0, 0.05) is 12.3 Å². The molecule has 5 heteroatoms. The molecule has 1 aromatic heterocycles. The lowest BCUT2D eigenvalue weighted by atomic mass is 10.2. The Morgan fingerprint density at radius 1 is 1.47 bits per heavy atom. The highest BCUT2D eigenvalue weighted by Crippen LogP contribution is 2.15. The molecule has 1 unspecified atom stereocenters. The molecule has 1 atom stereocenters. The average Bonchev–Trinajstić information content (AvgIpc) is 2.67. The molecule has 0 bridgehead atoms. The molecular weight excluding hydrogens is 208 g/mol. The van der Waals surface area contributed by atoms with Crippen molar-refractivity contribution in [2.45, 2.75) is 39.3 Å². The van der Waals surface area contributed by atoms with Crippen LogP contribution in [0.15, 0.2) is 6.20 Å². The number of nitrogens with two attached hydrogens (primary N) is 1. The van der Waals surface area contributed by atoms with Gasteiger partial charge in [0.05, 0.1) is 17.9 Å². The summed E-state index contributed by atoms with van der Waals surface area (Å²) in [7, 11) is 0. The van der Waals surface area contributed by atoms with E-state index < -0.39 is 0 Å². The molecule has 1 aromatic rings. The normalized spacial score (nSPS) is 13.0. The Morgan fingerprint density at radius 2 is 2.27 bits per heavy atom. The van der Waals surface area contributed by atoms with E-state index in [-0.39, 0.29) is 6.04 Å². The van der Waals surface area contributed by atoms with Crippen molar-refractivity contribution in [2.24, 2.45) is 5.73 Å². The van der Waals surface area contributed by atoms with Crippen molar-refractivity contribution in [2.75, 3.05) is 11.5 Å². The second-order valence-electron chi connectivity index (χ2n) is 3.56. The minimum atomic E-state index is 0.0584. The summed E-state index contributed by atoms with van der Waals surface area (Å²) in [6.07, 6.45) is 4.04. The third-order valence-corrected chi connectivity index (χ3v) is 3.40. The fourth-order valence-electron chi connectivity index (χ4n) is 1.38. The fraction of sp³-hybridized carbons (Fsp3) is 0.800. The number of thioether (sulfide) groups is 1. The highest BCUT2D eigenvalue weighted by molar-refractivity contribution is 7.99. The van der Waals surface area contributed by atoms with Crippen LogP contribution in [0.4, 0.5) is 0 Å². The number of aromatic nitrogens is 3. The highest BCUT2D eigenvalue weighted by Gasteiger charge is 2.11. The summed E-state index contributed by atoms with van der Waals surface area (Å²) < 4.78 is 1.91. The first-order valence-electron chi connectivity index (χ1n) is 5.51. The Balaban J connectivity index is 2.48. The molecule has 0 radical (unpaired) electrons. The molecule has 0 aliphatic rings. The van der Waals surface area contributed by atoms with Crippen LogP contribution in [0.5, 0.6) is 0 Å². The number of nitrogens with zero attached hydrogens (tertiary/aromatic N) is 3. The van der Waals surface area contributed by atoms with Crippen molar-refractivity contribution in [3.05, 3.63) is 11.9 Å². The molecule has 4 nitrogen and oxygen atoms in total. The van der Waals surface area contributed by atoms with E-state index in [9.17, 15) is 0 Å². The van der Waals surface area contributed by atoms with Gasteiger partial charge in [0.2, 0.25) is 0 Å². The molecule has 86 valence electrons. The second kappa shape index (κ2) is 6.85. The Labute approximate surface area is 95.6 Å². The highest BCUT2D eigenvalue weighted by atomic mass is 32.2. The van der Waals surface area contributed by atoms with Crippen molar-refractivity contribution in [3.63, 3.8) is 0 Å². The SMILES string of the molecule is CCCSCC(N)c1cnnn1CCC. The molecule has 0 saturated carbocycles. The maximum Gasteiger partial charge on any atom is 0.0762 e. The molecule has 0 aliphatic carbocycles. The minimum Gasteiger partial charge on any atom is -0.322 e. The number of aryl methyl sites for hydroxylation is 1. The van der Waals surface area contributed by atoms with E-state index >= 15 is 0 Å². The van der Waals surface area contributed by atoms with Gasteiger partial charge < -0.3 is 5.73 Å². The summed E-state index contributed by atoms with van der Waals surface area (Å²) in [5.74, 6) is 2.12. The zero-order chi connectivity index (χ0) is 11.1. The summed E-state index contributed by atoms with van der Waals surface area (Å²) in [6.45, 7) is 5.21. The van der Waals surface area contributed by atoms with E-state index in [0.29, 0.717) is 0 Å².